The third-order valence-electron chi connectivity index (χ3n) is 1.59. The van der Waals surface area contributed by atoms with Crippen LogP contribution in [0.15, 0.2) is 41.2 Å². The van der Waals surface area contributed by atoms with Gasteiger partial charge in [0.2, 0.25) is 0 Å². The van der Waals surface area contributed by atoms with Gasteiger partial charge in [0.05, 0.1) is 5.70 Å². The first kappa shape index (κ1) is 11.7. The minimum Gasteiger partial charge on any atom is -0.268 e. The van der Waals surface area contributed by atoms with E-state index in [0.717, 1.165) is 5.70 Å². The summed E-state index contributed by atoms with van der Waals surface area (Å²) in [5, 5.41) is 5.93. The van der Waals surface area contributed by atoms with Gasteiger partial charge in [-0.25, -0.2) is 0 Å². The normalized spacial score (nSPS) is 17.7. The third kappa shape index (κ3) is 3.28. The van der Waals surface area contributed by atoms with Gasteiger partial charge in [-0.3, -0.25) is 5.01 Å². The molecule has 2 nitrogen and oxygen atoms in total. The fourth-order valence-electron chi connectivity index (χ4n) is 0.999. The first-order valence-electron chi connectivity index (χ1n) is 4.53. The van der Waals surface area contributed by atoms with Crippen molar-refractivity contribution in [1.29, 1.82) is 0 Å². The van der Waals surface area contributed by atoms with Crippen molar-refractivity contribution in [2.45, 2.75) is 20.8 Å². The predicted molar refractivity (Wildman–Crippen MR) is 59.6 cm³/mol. The Labute approximate surface area is 80.9 Å². The summed E-state index contributed by atoms with van der Waals surface area (Å²) in [6.07, 6.45) is 7.48. The van der Waals surface area contributed by atoms with Crippen LogP contribution in [-0.4, -0.2) is 18.3 Å². The molecule has 72 valence electrons. The van der Waals surface area contributed by atoms with Crippen LogP contribution >= 0.6 is 0 Å². The van der Waals surface area contributed by atoms with Crippen molar-refractivity contribution in [1.82, 2.24) is 5.01 Å². The maximum atomic E-state index is 4.10. The number of likely N-dealkylation sites (N-methyl/N-ethyl adjacent to an activating group) is 1. The average molecular weight is 178 g/mol. The lowest BCUT2D eigenvalue weighted by molar-refractivity contribution is 0.453. The van der Waals surface area contributed by atoms with Crippen molar-refractivity contribution in [3.05, 3.63) is 36.1 Å². The first-order valence-corrected chi connectivity index (χ1v) is 4.53. The highest BCUT2D eigenvalue weighted by Crippen LogP contribution is 2.15. The van der Waals surface area contributed by atoms with Gasteiger partial charge in [-0.05, 0) is 24.6 Å². The van der Waals surface area contributed by atoms with Gasteiger partial charge in [0.25, 0.3) is 0 Å². The van der Waals surface area contributed by atoms with Crippen molar-refractivity contribution in [3.63, 3.8) is 0 Å². The lowest BCUT2D eigenvalue weighted by Gasteiger charge is -2.19. The van der Waals surface area contributed by atoms with Crippen LogP contribution in [-0.2, 0) is 0 Å². The summed E-state index contributed by atoms with van der Waals surface area (Å²) in [7, 11) is 1.92. The van der Waals surface area contributed by atoms with E-state index in [1.807, 2.05) is 38.1 Å². The van der Waals surface area contributed by atoms with Crippen LogP contribution in [0, 0.1) is 0 Å². The van der Waals surface area contributed by atoms with Crippen LogP contribution in [0.2, 0.25) is 0 Å². The highest BCUT2D eigenvalue weighted by atomic mass is 15.4. The van der Waals surface area contributed by atoms with E-state index in [1.54, 1.807) is 12.3 Å². The van der Waals surface area contributed by atoms with Crippen LogP contribution in [0.4, 0.5) is 0 Å². The maximum Gasteiger partial charge on any atom is 0.0620 e. The van der Waals surface area contributed by atoms with E-state index in [-0.39, 0.29) is 0 Å². The molecule has 0 aromatic rings. The zero-order valence-electron chi connectivity index (χ0n) is 8.91. The van der Waals surface area contributed by atoms with Gasteiger partial charge in [-0.15, -0.1) is 0 Å². The molecule has 0 atom stereocenters. The van der Waals surface area contributed by atoms with E-state index >= 15 is 0 Å². The second kappa shape index (κ2) is 6.23. The average Bonchev–Trinajstić information content (AvgIpc) is 2.15. The molecule has 1 aliphatic rings. The molecule has 0 N–H and O–H groups in total. The Bertz CT molecular complexity index is 247. The van der Waals surface area contributed by atoms with Crippen LogP contribution in [0.1, 0.15) is 20.8 Å². The van der Waals surface area contributed by atoms with Gasteiger partial charge in [-0.1, -0.05) is 26.5 Å². The molecule has 1 aliphatic heterocycles. The largest absolute Gasteiger partial charge is 0.268 e. The van der Waals surface area contributed by atoms with E-state index in [9.17, 15) is 0 Å². The van der Waals surface area contributed by atoms with Gasteiger partial charge in [0, 0.05) is 13.3 Å². The molecule has 0 aromatic carbocycles. The number of hydrazone groups is 1. The molecule has 1 heterocycles. The Balaban J connectivity index is 0.000000671. The molecular formula is C11H18N2. The highest BCUT2D eigenvalue weighted by Gasteiger charge is 2.06. The topological polar surface area (TPSA) is 15.6 Å². The summed E-state index contributed by atoms with van der Waals surface area (Å²) in [4.78, 5) is 0. The van der Waals surface area contributed by atoms with E-state index in [0.29, 0.717) is 0 Å². The monoisotopic (exact) mass is 178 g/mol. The summed E-state index contributed by atoms with van der Waals surface area (Å²) in [6.45, 7) is 9.69. The Kier molecular flexibility index (Phi) is 5.60. The molecule has 0 bridgehead atoms. The van der Waals surface area contributed by atoms with Crippen LogP contribution < -0.4 is 0 Å². The minimum atomic E-state index is 1.10. The van der Waals surface area contributed by atoms with Crippen molar-refractivity contribution in [2.24, 2.45) is 5.10 Å². The second-order valence-electron chi connectivity index (χ2n) is 2.43. The van der Waals surface area contributed by atoms with Crippen molar-refractivity contribution < 1.29 is 0 Å². The number of rotatable bonds is 1. The van der Waals surface area contributed by atoms with Gasteiger partial charge in [-0.2, -0.15) is 5.10 Å². The zero-order valence-corrected chi connectivity index (χ0v) is 8.91. The Morgan fingerprint density at radius 1 is 1.46 bits per heavy atom. The molecule has 0 aliphatic carbocycles. The first-order chi connectivity index (χ1) is 6.25. The third-order valence-corrected chi connectivity index (χ3v) is 1.59. The zero-order chi connectivity index (χ0) is 10.3. The van der Waals surface area contributed by atoms with Crippen LogP contribution in [0.5, 0.6) is 0 Å². The lowest BCUT2D eigenvalue weighted by Crippen LogP contribution is -2.14. The molecule has 0 unspecified atom stereocenters. The molecule has 2 heteroatoms. The SMILES string of the molecule is C=C/C=C1/C(C)=CC=NN1C.CC. The molecule has 0 saturated carbocycles. The van der Waals surface area contributed by atoms with Crippen molar-refractivity contribution >= 4 is 6.21 Å². The van der Waals surface area contributed by atoms with E-state index < -0.39 is 0 Å². The number of hydrogen-bond donors (Lipinski definition) is 0. The second-order valence-corrected chi connectivity index (χ2v) is 2.43. The van der Waals surface area contributed by atoms with Gasteiger partial charge in [0.15, 0.2) is 0 Å². The van der Waals surface area contributed by atoms with E-state index in [4.69, 9.17) is 0 Å². The molecular weight excluding hydrogens is 160 g/mol. The molecule has 13 heavy (non-hydrogen) atoms. The smallest absolute Gasteiger partial charge is 0.0620 e. The number of allylic oxidation sites excluding steroid dienone is 4. The summed E-state index contributed by atoms with van der Waals surface area (Å²) < 4.78 is 0. The fraction of sp³-hybridized carbons (Fsp3) is 0.364. The lowest BCUT2D eigenvalue weighted by atomic mass is 10.2. The Morgan fingerprint density at radius 2 is 2.08 bits per heavy atom. The molecule has 0 amide bonds. The molecule has 0 saturated heterocycles. The predicted octanol–water partition coefficient (Wildman–Crippen LogP) is 2.96. The maximum absolute atomic E-state index is 4.10. The van der Waals surface area contributed by atoms with Gasteiger partial charge < -0.3 is 0 Å². The van der Waals surface area contributed by atoms with Gasteiger partial charge >= 0.3 is 0 Å². The molecule has 0 fully saturated rings. The van der Waals surface area contributed by atoms with Crippen LogP contribution in [0.25, 0.3) is 0 Å². The van der Waals surface area contributed by atoms with Gasteiger partial charge in [0.1, 0.15) is 0 Å². The van der Waals surface area contributed by atoms with E-state index in [1.165, 1.54) is 5.57 Å². The Hall–Kier alpha value is -1.31. The molecule has 0 spiro atoms. The fourth-order valence-corrected chi connectivity index (χ4v) is 0.999. The summed E-state index contributed by atoms with van der Waals surface area (Å²) in [5.41, 5.74) is 2.31. The summed E-state index contributed by atoms with van der Waals surface area (Å²) in [6, 6.07) is 0. The molecule has 1 rings (SSSR count). The minimum absolute atomic E-state index is 1.10. The quantitative estimate of drug-likeness (QED) is 0.602. The molecule has 0 radical (unpaired) electrons. The van der Waals surface area contributed by atoms with Crippen LogP contribution in [0.3, 0.4) is 0 Å². The highest BCUT2D eigenvalue weighted by molar-refractivity contribution is 5.74. The van der Waals surface area contributed by atoms with Crippen molar-refractivity contribution in [2.75, 3.05) is 7.05 Å². The summed E-state index contributed by atoms with van der Waals surface area (Å²) in [5.74, 6) is 0. The number of hydrogen-bond acceptors (Lipinski definition) is 2. The summed E-state index contributed by atoms with van der Waals surface area (Å²) >= 11 is 0. The van der Waals surface area contributed by atoms with E-state index in [2.05, 4.69) is 18.6 Å². The Morgan fingerprint density at radius 3 is 2.54 bits per heavy atom. The molecule has 0 aromatic heterocycles. The standard InChI is InChI=1S/C9H12N2.C2H6/c1-4-5-9-8(2)6-7-10-11(9)3;1-2/h4-7H,1H2,2-3H3;1-2H3/b9-5-;. The number of nitrogens with zero attached hydrogens (tertiary/aromatic N) is 2. The van der Waals surface area contributed by atoms with Crippen molar-refractivity contribution in [3.8, 4) is 0 Å².